The molecule has 0 spiro atoms. The molecule has 0 bridgehead atoms. The van der Waals surface area contributed by atoms with E-state index in [0.29, 0.717) is 8.83 Å². The van der Waals surface area contributed by atoms with Gasteiger partial charge < -0.3 is 0 Å². The second-order valence-corrected chi connectivity index (χ2v) is 5.18. The predicted octanol–water partition coefficient (Wildman–Crippen LogP) is 2.47. The molecular weight excluding hydrogens is 184 g/mol. The minimum absolute atomic E-state index is 0.207. The van der Waals surface area contributed by atoms with Crippen molar-refractivity contribution in [3.8, 4) is 0 Å². The molecule has 0 atom stereocenters. The van der Waals surface area contributed by atoms with Gasteiger partial charge in [0, 0.05) is 0 Å². The highest BCUT2D eigenvalue weighted by Gasteiger charge is 2.16. The maximum absolute atomic E-state index is 5.87. The third-order valence-electron chi connectivity index (χ3n) is 1.84. The Morgan fingerprint density at radius 1 is 1.17 bits per heavy atom. The van der Waals surface area contributed by atoms with E-state index in [1.54, 1.807) is 0 Å². The first-order chi connectivity index (χ1) is 5.55. The lowest BCUT2D eigenvalue weighted by atomic mass is 9.87. The predicted molar refractivity (Wildman–Crippen MR) is 56.4 cm³/mol. The highest BCUT2D eigenvalue weighted by Crippen LogP contribution is 2.19. The maximum atomic E-state index is 5.87. The molecule has 0 amide bonds. The normalized spacial score (nSPS) is 11.7. The molecule has 64 valence electrons. The van der Waals surface area contributed by atoms with Crippen molar-refractivity contribution in [2.45, 2.75) is 26.2 Å². The third kappa shape index (κ3) is 2.11. The van der Waals surface area contributed by atoms with Crippen LogP contribution in [0.4, 0.5) is 0 Å². The molecular formula is C10H13ClSi. The number of hydrogen-bond donors (Lipinski definition) is 0. The molecule has 0 heterocycles. The van der Waals surface area contributed by atoms with Gasteiger partial charge in [-0.25, -0.2) is 0 Å². The van der Waals surface area contributed by atoms with E-state index < -0.39 is 0 Å². The Morgan fingerprint density at radius 2 is 1.75 bits per heavy atom. The summed E-state index contributed by atoms with van der Waals surface area (Å²) in [5, 5.41) is 1.27. The molecule has 0 aliphatic heterocycles. The van der Waals surface area contributed by atoms with Crippen LogP contribution in [-0.4, -0.2) is 8.83 Å². The summed E-state index contributed by atoms with van der Waals surface area (Å²) in [5.41, 5.74) is 1.57. The van der Waals surface area contributed by atoms with Crippen LogP contribution in [0.5, 0.6) is 0 Å². The number of benzene rings is 1. The van der Waals surface area contributed by atoms with Crippen LogP contribution in [0.3, 0.4) is 0 Å². The van der Waals surface area contributed by atoms with Crippen molar-refractivity contribution in [2.75, 3.05) is 0 Å². The van der Waals surface area contributed by atoms with E-state index >= 15 is 0 Å². The van der Waals surface area contributed by atoms with Crippen molar-refractivity contribution in [1.29, 1.82) is 0 Å². The fraction of sp³-hybridized carbons (Fsp3) is 0.400. The molecule has 2 radical (unpaired) electrons. The van der Waals surface area contributed by atoms with Gasteiger partial charge in [-0.05, 0) is 16.2 Å². The smallest absolute Gasteiger partial charge is 0.165 e. The largest absolute Gasteiger partial charge is 0.210 e. The number of hydrogen-bond acceptors (Lipinski definition) is 0. The first-order valence-corrected chi connectivity index (χ1v) is 6.03. The zero-order valence-electron chi connectivity index (χ0n) is 7.69. The van der Waals surface area contributed by atoms with Crippen LogP contribution in [0.1, 0.15) is 26.3 Å². The van der Waals surface area contributed by atoms with Gasteiger partial charge in [-0.15, -0.1) is 0 Å². The van der Waals surface area contributed by atoms with Gasteiger partial charge in [0.05, 0.1) is 0 Å². The Balaban J connectivity index is 3.14. The first kappa shape index (κ1) is 9.81. The summed E-state index contributed by atoms with van der Waals surface area (Å²) in [5.74, 6) is 0. The maximum Gasteiger partial charge on any atom is 0.210 e. The Bertz CT molecular complexity index is 263. The molecule has 0 nitrogen and oxygen atoms in total. The second kappa shape index (κ2) is 3.63. The van der Waals surface area contributed by atoms with Crippen LogP contribution in [-0.2, 0) is 5.41 Å². The van der Waals surface area contributed by atoms with E-state index in [-0.39, 0.29) is 5.41 Å². The van der Waals surface area contributed by atoms with Crippen LogP contribution < -0.4 is 5.19 Å². The molecule has 0 aromatic heterocycles. The Hall–Kier alpha value is -0.273. The minimum Gasteiger partial charge on any atom is -0.165 e. The highest BCUT2D eigenvalue weighted by atomic mass is 35.6. The average Bonchev–Trinajstić information content (AvgIpc) is 2.03. The van der Waals surface area contributed by atoms with Crippen molar-refractivity contribution in [3.05, 3.63) is 29.8 Å². The highest BCUT2D eigenvalue weighted by molar-refractivity contribution is 7.01. The quantitative estimate of drug-likeness (QED) is 0.478. The van der Waals surface area contributed by atoms with Gasteiger partial charge in [0.1, 0.15) is 0 Å². The van der Waals surface area contributed by atoms with Crippen molar-refractivity contribution >= 4 is 25.1 Å². The van der Waals surface area contributed by atoms with Crippen molar-refractivity contribution < 1.29 is 0 Å². The summed E-state index contributed by atoms with van der Waals surface area (Å²) in [7, 11) is 0.375. The van der Waals surface area contributed by atoms with Gasteiger partial charge >= 0.3 is 0 Å². The van der Waals surface area contributed by atoms with Crippen molar-refractivity contribution in [3.63, 3.8) is 0 Å². The zero-order valence-corrected chi connectivity index (χ0v) is 9.44. The summed E-state index contributed by atoms with van der Waals surface area (Å²) in [6.07, 6.45) is 0. The van der Waals surface area contributed by atoms with Crippen LogP contribution >= 0.6 is 11.1 Å². The van der Waals surface area contributed by atoms with E-state index in [2.05, 4.69) is 39.0 Å². The fourth-order valence-corrected chi connectivity index (χ4v) is 2.43. The monoisotopic (exact) mass is 196 g/mol. The number of halogens is 1. The van der Waals surface area contributed by atoms with Crippen molar-refractivity contribution in [2.24, 2.45) is 0 Å². The lowest BCUT2D eigenvalue weighted by Gasteiger charge is -2.21. The topological polar surface area (TPSA) is 0 Å². The molecule has 1 aromatic carbocycles. The van der Waals surface area contributed by atoms with E-state index in [1.165, 1.54) is 10.8 Å². The Morgan fingerprint density at radius 3 is 2.17 bits per heavy atom. The summed E-state index contributed by atoms with van der Waals surface area (Å²) < 4.78 is 0. The molecule has 0 fully saturated rings. The van der Waals surface area contributed by atoms with Gasteiger partial charge in [0.2, 0.25) is 8.83 Å². The molecule has 1 aromatic rings. The first-order valence-electron chi connectivity index (χ1n) is 4.02. The second-order valence-electron chi connectivity index (χ2n) is 3.89. The van der Waals surface area contributed by atoms with Gasteiger partial charge in [-0.2, -0.15) is 11.1 Å². The zero-order chi connectivity index (χ0) is 9.19. The van der Waals surface area contributed by atoms with E-state index in [9.17, 15) is 0 Å². The minimum atomic E-state index is 0.207. The molecule has 0 aliphatic carbocycles. The molecule has 0 N–H and O–H groups in total. The van der Waals surface area contributed by atoms with E-state index in [0.717, 1.165) is 0 Å². The molecule has 12 heavy (non-hydrogen) atoms. The summed E-state index contributed by atoms with van der Waals surface area (Å²) in [6, 6.07) is 8.37. The molecule has 1 rings (SSSR count). The molecule has 0 aliphatic rings. The fourth-order valence-electron chi connectivity index (χ4n) is 1.22. The molecule has 0 unspecified atom stereocenters. The summed E-state index contributed by atoms with van der Waals surface area (Å²) in [6.45, 7) is 6.63. The van der Waals surface area contributed by atoms with Crippen LogP contribution in [0.2, 0.25) is 0 Å². The Kier molecular flexibility index (Phi) is 2.97. The van der Waals surface area contributed by atoms with Crippen LogP contribution in [0, 0.1) is 0 Å². The summed E-state index contributed by atoms with van der Waals surface area (Å²) >= 11 is 5.87. The lowest BCUT2D eigenvalue weighted by Crippen LogP contribution is -2.25. The van der Waals surface area contributed by atoms with Crippen molar-refractivity contribution in [1.82, 2.24) is 0 Å². The summed E-state index contributed by atoms with van der Waals surface area (Å²) in [4.78, 5) is 0. The average molecular weight is 197 g/mol. The number of rotatable bonds is 1. The van der Waals surface area contributed by atoms with Gasteiger partial charge in [-0.3, -0.25) is 0 Å². The van der Waals surface area contributed by atoms with E-state index in [1.807, 2.05) is 6.07 Å². The lowest BCUT2D eigenvalue weighted by molar-refractivity contribution is 0.594. The molecule has 2 heteroatoms. The van der Waals surface area contributed by atoms with Crippen LogP contribution in [0.15, 0.2) is 24.3 Å². The Labute approximate surface area is 81.5 Å². The van der Waals surface area contributed by atoms with Crippen LogP contribution in [0.25, 0.3) is 0 Å². The van der Waals surface area contributed by atoms with Gasteiger partial charge in [0.25, 0.3) is 0 Å². The van der Waals surface area contributed by atoms with Gasteiger partial charge in [-0.1, -0.05) is 45.0 Å². The van der Waals surface area contributed by atoms with Gasteiger partial charge in [0.15, 0.2) is 0 Å². The van der Waals surface area contributed by atoms with E-state index in [4.69, 9.17) is 11.1 Å². The SMILES string of the molecule is CC(C)(C)c1ccccc1[Si]Cl. The molecule has 0 saturated carbocycles. The standard InChI is InChI=1S/C10H13ClSi/c1-10(2,3)8-6-4-5-7-9(8)12-11/h4-7H,1-3H3. The third-order valence-corrected chi connectivity index (χ3v) is 3.09. The molecule has 0 saturated heterocycles.